The van der Waals surface area contributed by atoms with Crippen LogP contribution in [-0.4, -0.2) is 33.1 Å². The Balaban J connectivity index is 2.94. The summed E-state index contributed by atoms with van der Waals surface area (Å²) in [4.78, 5) is 0. The van der Waals surface area contributed by atoms with E-state index in [-0.39, 0.29) is 13.0 Å². The third-order valence-electron chi connectivity index (χ3n) is 1.94. The van der Waals surface area contributed by atoms with Gasteiger partial charge in [0.15, 0.2) is 11.5 Å². The topological polar surface area (TPSA) is 107 Å². The normalized spacial score (nSPS) is 12.7. The zero-order valence-electron chi connectivity index (χ0n) is 7.51. The Kier molecular flexibility index (Phi) is 3.16. The fourth-order valence-corrected chi connectivity index (χ4v) is 1.11. The number of hydrogen-bond acceptors (Lipinski definition) is 5. The first-order valence-electron chi connectivity index (χ1n) is 4.17. The lowest BCUT2D eigenvalue weighted by Crippen LogP contribution is -2.21. The van der Waals surface area contributed by atoms with Crippen molar-refractivity contribution in [2.24, 2.45) is 5.73 Å². The molecule has 0 amide bonds. The maximum Gasteiger partial charge on any atom is 0.200 e. The van der Waals surface area contributed by atoms with Crippen LogP contribution in [0.25, 0.3) is 0 Å². The van der Waals surface area contributed by atoms with Crippen molar-refractivity contribution in [1.82, 2.24) is 0 Å². The quantitative estimate of drug-likeness (QED) is 0.428. The first-order chi connectivity index (χ1) is 6.56. The molecule has 5 nitrogen and oxygen atoms in total. The number of phenols is 3. The molecule has 0 aliphatic heterocycles. The fourth-order valence-electron chi connectivity index (χ4n) is 1.11. The van der Waals surface area contributed by atoms with Crippen molar-refractivity contribution in [3.05, 3.63) is 17.7 Å². The van der Waals surface area contributed by atoms with Crippen molar-refractivity contribution in [1.29, 1.82) is 0 Å². The molecule has 0 bridgehead atoms. The molecule has 0 saturated carbocycles. The summed E-state index contributed by atoms with van der Waals surface area (Å²) in [5.41, 5.74) is 5.54. The molecule has 0 aliphatic rings. The number of benzene rings is 1. The van der Waals surface area contributed by atoms with Gasteiger partial charge in [0.05, 0.1) is 6.10 Å². The van der Waals surface area contributed by atoms with Gasteiger partial charge in [0.2, 0.25) is 5.75 Å². The SMILES string of the molecule is NCC(O)Cc1ccc(O)c(O)c1O. The maximum absolute atomic E-state index is 9.36. The molecule has 0 radical (unpaired) electrons. The average molecular weight is 199 g/mol. The molecule has 1 rings (SSSR count). The summed E-state index contributed by atoms with van der Waals surface area (Å²) in [6.07, 6.45) is -0.638. The minimum Gasteiger partial charge on any atom is -0.504 e. The second-order valence-corrected chi connectivity index (χ2v) is 3.03. The van der Waals surface area contributed by atoms with E-state index in [9.17, 15) is 10.2 Å². The Morgan fingerprint density at radius 3 is 2.36 bits per heavy atom. The van der Waals surface area contributed by atoms with E-state index in [1.54, 1.807) is 0 Å². The molecule has 1 aromatic carbocycles. The summed E-state index contributed by atoms with van der Waals surface area (Å²) in [7, 11) is 0. The Labute approximate surface area is 81.0 Å². The number of hydrogen-bond donors (Lipinski definition) is 5. The minimum absolute atomic E-state index is 0.0705. The van der Waals surface area contributed by atoms with Gasteiger partial charge in [-0.25, -0.2) is 0 Å². The van der Waals surface area contributed by atoms with Crippen LogP contribution >= 0.6 is 0 Å². The predicted molar refractivity (Wildman–Crippen MR) is 50.2 cm³/mol. The number of aliphatic hydroxyl groups excluding tert-OH is 1. The molecular formula is C9H13NO4. The molecule has 1 atom stereocenters. The average Bonchev–Trinajstić information content (AvgIpc) is 2.19. The molecule has 0 fully saturated rings. The molecule has 14 heavy (non-hydrogen) atoms. The van der Waals surface area contributed by atoms with Crippen molar-refractivity contribution >= 4 is 0 Å². The predicted octanol–water partition coefficient (Wildman–Crippen LogP) is -0.335. The second-order valence-electron chi connectivity index (χ2n) is 3.03. The third-order valence-corrected chi connectivity index (χ3v) is 1.94. The summed E-state index contributed by atoms with van der Waals surface area (Å²) in [6.45, 7) is 0.0705. The Hall–Kier alpha value is -1.46. The number of rotatable bonds is 3. The number of nitrogens with two attached hydrogens (primary N) is 1. The van der Waals surface area contributed by atoms with Crippen molar-refractivity contribution in [2.45, 2.75) is 12.5 Å². The van der Waals surface area contributed by atoms with Gasteiger partial charge in [0.25, 0.3) is 0 Å². The van der Waals surface area contributed by atoms with E-state index in [0.717, 1.165) is 0 Å². The lowest BCUT2D eigenvalue weighted by molar-refractivity contribution is 0.182. The Morgan fingerprint density at radius 1 is 1.14 bits per heavy atom. The van der Waals surface area contributed by atoms with Crippen LogP contribution in [-0.2, 0) is 6.42 Å². The minimum atomic E-state index is -0.773. The van der Waals surface area contributed by atoms with E-state index in [2.05, 4.69) is 0 Å². The van der Waals surface area contributed by atoms with Crippen LogP contribution in [0.1, 0.15) is 5.56 Å². The molecule has 0 spiro atoms. The maximum atomic E-state index is 9.36. The van der Waals surface area contributed by atoms with E-state index in [0.29, 0.717) is 5.56 Å². The second kappa shape index (κ2) is 4.17. The largest absolute Gasteiger partial charge is 0.504 e. The zero-order chi connectivity index (χ0) is 10.7. The molecule has 78 valence electrons. The van der Waals surface area contributed by atoms with Crippen molar-refractivity contribution < 1.29 is 20.4 Å². The van der Waals surface area contributed by atoms with Crippen LogP contribution in [0.3, 0.4) is 0 Å². The zero-order valence-corrected chi connectivity index (χ0v) is 7.51. The summed E-state index contributed by atoms with van der Waals surface area (Å²) in [5.74, 6) is -1.39. The molecule has 1 unspecified atom stereocenters. The number of aliphatic hydroxyl groups is 1. The fraction of sp³-hybridized carbons (Fsp3) is 0.333. The summed E-state index contributed by atoms with van der Waals surface area (Å²) < 4.78 is 0. The Morgan fingerprint density at radius 2 is 1.79 bits per heavy atom. The molecule has 5 heteroatoms. The van der Waals surface area contributed by atoms with Crippen LogP contribution < -0.4 is 5.73 Å². The van der Waals surface area contributed by atoms with Crippen molar-refractivity contribution in [3.8, 4) is 17.2 Å². The van der Waals surface area contributed by atoms with E-state index < -0.39 is 23.4 Å². The monoisotopic (exact) mass is 199 g/mol. The van der Waals surface area contributed by atoms with Crippen molar-refractivity contribution in [3.63, 3.8) is 0 Å². The number of aromatic hydroxyl groups is 3. The molecule has 0 heterocycles. The summed E-state index contributed by atoms with van der Waals surface area (Å²) in [6, 6.07) is 2.66. The van der Waals surface area contributed by atoms with Crippen LogP contribution in [0, 0.1) is 0 Å². The first-order valence-corrected chi connectivity index (χ1v) is 4.17. The lowest BCUT2D eigenvalue weighted by Gasteiger charge is -2.10. The lowest BCUT2D eigenvalue weighted by atomic mass is 10.1. The highest BCUT2D eigenvalue weighted by atomic mass is 16.3. The smallest absolute Gasteiger partial charge is 0.200 e. The van der Waals surface area contributed by atoms with Gasteiger partial charge < -0.3 is 26.2 Å². The van der Waals surface area contributed by atoms with E-state index in [4.69, 9.17) is 15.9 Å². The molecule has 1 aromatic rings. The molecular weight excluding hydrogens is 186 g/mol. The standard InChI is InChI=1S/C9H13NO4/c10-4-6(11)3-5-1-2-7(12)9(14)8(5)13/h1-2,6,11-14H,3-4,10H2. The third kappa shape index (κ3) is 2.07. The van der Waals surface area contributed by atoms with Gasteiger partial charge in [0, 0.05) is 18.5 Å². The highest BCUT2D eigenvalue weighted by Gasteiger charge is 2.13. The highest BCUT2D eigenvalue weighted by molar-refractivity contribution is 5.53. The molecule has 0 aliphatic carbocycles. The van der Waals surface area contributed by atoms with Crippen LogP contribution in [0.2, 0.25) is 0 Å². The van der Waals surface area contributed by atoms with Gasteiger partial charge in [0.1, 0.15) is 0 Å². The van der Waals surface area contributed by atoms with E-state index >= 15 is 0 Å². The van der Waals surface area contributed by atoms with Gasteiger partial charge in [-0.2, -0.15) is 0 Å². The molecule has 0 aromatic heterocycles. The van der Waals surface area contributed by atoms with Crippen molar-refractivity contribution in [2.75, 3.05) is 6.54 Å². The van der Waals surface area contributed by atoms with E-state index in [1.165, 1.54) is 12.1 Å². The van der Waals surface area contributed by atoms with Gasteiger partial charge in [-0.05, 0) is 6.07 Å². The van der Waals surface area contributed by atoms with Gasteiger partial charge in [-0.15, -0.1) is 0 Å². The van der Waals surface area contributed by atoms with Gasteiger partial charge in [-0.3, -0.25) is 0 Å². The van der Waals surface area contributed by atoms with Crippen LogP contribution in [0.4, 0.5) is 0 Å². The summed E-state index contributed by atoms with van der Waals surface area (Å²) in [5, 5.41) is 36.8. The molecule has 6 N–H and O–H groups in total. The molecule has 0 saturated heterocycles. The summed E-state index contributed by atoms with van der Waals surface area (Å²) >= 11 is 0. The Bertz CT molecular complexity index is 327. The van der Waals surface area contributed by atoms with E-state index in [1.807, 2.05) is 0 Å². The van der Waals surface area contributed by atoms with Gasteiger partial charge >= 0.3 is 0 Å². The van der Waals surface area contributed by atoms with Crippen LogP contribution in [0.15, 0.2) is 12.1 Å². The first kappa shape index (κ1) is 10.6. The van der Waals surface area contributed by atoms with Crippen LogP contribution in [0.5, 0.6) is 17.2 Å². The highest BCUT2D eigenvalue weighted by Crippen LogP contribution is 2.37. The number of phenolic OH excluding ortho intramolecular Hbond substituents is 3. The van der Waals surface area contributed by atoms with Gasteiger partial charge in [-0.1, -0.05) is 6.07 Å².